The molecule has 0 unspecified atom stereocenters. The van der Waals surface area contributed by atoms with E-state index in [0.29, 0.717) is 11.3 Å². The van der Waals surface area contributed by atoms with E-state index in [0.717, 1.165) is 28.1 Å². The Morgan fingerprint density at radius 2 is 1.70 bits per heavy atom. The topological polar surface area (TPSA) is 64.4 Å². The molecule has 0 aliphatic heterocycles. The maximum absolute atomic E-state index is 12.7. The Balaban J connectivity index is 1.79. The molecule has 1 N–H and O–H groups in total. The first-order valence-electron chi connectivity index (χ1n) is 8.89. The van der Waals surface area contributed by atoms with E-state index in [1.54, 1.807) is 6.92 Å². The molecular formula is C22H24N2O3. The number of hydrogen-bond acceptors (Lipinski definition) is 4. The predicted molar refractivity (Wildman–Crippen MR) is 105 cm³/mol. The quantitative estimate of drug-likeness (QED) is 0.688. The van der Waals surface area contributed by atoms with Crippen LogP contribution in [0.1, 0.15) is 44.1 Å². The molecule has 140 valence electrons. The molecule has 27 heavy (non-hydrogen) atoms. The van der Waals surface area contributed by atoms with Crippen molar-refractivity contribution in [3.05, 3.63) is 75.7 Å². The molecule has 0 radical (unpaired) electrons. The van der Waals surface area contributed by atoms with E-state index in [2.05, 4.69) is 16.5 Å². The number of anilines is 1. The van der Waals surface area contributed by atoms with Gasteiger partial charge in [0.05, 0.1) is 5.56 Å². The van der Waals surface area contributed by atoms with Gasteiger partial charge >= 0.3 is 0 Å². The van der Waals surface area contributed by atoms with Gasteiger partial charge in [-0.1, -0.05) is 35.0 Å². The molecule has 1 heterocycles. The lowest BCUT2D eigenvalue weighted by Gasteiger charge is -2.11. The molecule has 0 saturated heterocycles. The highest BCUT2D eigenvalue weighted by Gasteiger charge is 2.21. The fraction of sp³-hybridized carbons (Fsp3) is 0.273. The normalized spacial score (nSPS) is 10.7. The van der Waals surface area contributed by atoms with Gasteiger partial charge in [-0.2, -0.15) is 0 Å². The summed E-state index contributed by atoms with van der Waals surface area (Å²) in [6.45, 7) is 9.97. The summed E-state index contributed by atoms with van der Waals surface area (Å²) in [5.41, 5.74) is 5.95. The third kappa shape index (κ3) is 4.19. The average Bonchev–Trinajstić information content (AvgIpc) is 2.98. The van der Waals surface area contributed by atoms with Crippen LogP contribution < -0.4 is 10.1 Å². The monoisotopic (exact) mass is 364 g/mol. The van der Waals surface area contributed by atoms with Crippen molar-refractivity contribution in [1.29, 1.82) is 0 Å². The Bertz CT molecular complexity index is 989. The molecule has 0 saturated carbocycles. The third-order valence-corrected chi connectivity index (χ3v) is 4.54. The molecule has 5 heteroatoms. The highest BCUT2D eigenvalue weighted by atomic mass is 16.5. The molecular weight excluding hydrogens is 340 g/mol. The van der Waals surface area contributed by atoms with E-state index < -0.39 is 0 Å². The second-order valence-electron chi connectivity index (χ2n) is 6.90. The first kappa shape index (κ1) is 18.7. The summed E-state index contributed by atoms with van der Waals surface area (Å²) in [6.07, 6.45) is 0. The predicted octanol–water partition coefficient (Wildman–Crippen LogP) is 5.05. The highest BCUT2D eigenvalue weighted by molar-refractivity contribution is 6.04. The SMILES string of the molecule is Cc1ccc(OCc2c(C(=O)Nc3cc(C)ccc3C)noc2C)c(C)c1. The van der Waals surface area contributed by atoms with E-state index in [1.807, 2.05) is 58.0 Å². The van der Waals surface area contributed by atoms with Gasteiger partial charge in [0, 0.05) is 5.69 Å². The van der Waals surface area contributed by atoms with Gasteiger partial charge in [-0.25, -0.2) is 0 Å². The van der Waals surface area contributed by atoms with Gasteiger partial charge in [0.25, 0.3) is 5.91 Å². The van der Waals surface area contributed by atoms with Crippen LogP contribution in [0.2, 0.25) is 0 Å². The molecule has 0 fully saturated rings. The largest absolute Gasteiger partial charge is 0.488 e. The fourth-order valence-corrected chi connectivity index (χ4v) is 2.90. The lowest BCUT2D eigenvalue weighted by molar-refractivity contribution is 0.101. The summed E-state index contributed by atoms with van der Waals surface area (Å²) in [5.74, 6) is 1.05. The van der Waals surface area contributed by atoms with Crippen molar-refractivity contribution in [3.63, 3.8) is 0 Å². The molecule has 5 nitrogen and oxygen atoms in total. The first-order chi connectivity index (χ1) is 12.8. The second-order valence-corrected chi connectivity index (χ2v) is 6.90. The minimum atomic E-state index is -0.306. The van der Waals surface area contributed by atoms with Crippen molar-refractivity contribution < 1.29 is 14.1 Å². The molecule has 0 spiro atoms. The lowest BCUT2D eigenvalue weighted by Crippen LogP contribution is -2.16. The van der Waals surface area contributed by atoms with Crippen LogP contribution in [0.3, 0.4) is 0 Å². The van der Waals surface area contributed by atoms with Crippen LogP contribution in [0, 0.1) is 34.6 Å². The van der Waals surface area contributed by atoms with Gasteiger partial charge in [-0.15, -0.1) is 0 Å². The van der Waals surface area contributed by atoms with Crippen molar-refractivity contribution in [3.8, 4) is 5.75 Å². The number of ether oxygens (including phenoxy) is 1. The molecule has 3 rings (SSSR count). The number of benzene rings is 2. The summed E-state index contributed by atoms with van der Waals surface area (Å²) in [5, 5.41) is 6.87. The summed E-state index contributed by atoms with van der Waals surface area (Å²) in [7, 11) is 0. The van der Waals surface area contributed by atoms with E-state index in [-0.39, 0.29) is 18.2 Å². The summed E-state index contributed by atoms with van der Waals surface area (Å²) in [4.78, 5) is 12.7. The molecule has 0 aliphatic rings. The van der Waals surface area contributed by atoms with E-state index in [1.165, 1.54) is 5.56 Å². The Morgan fingerprint density at radius 3 is 2.44 bits per heavy atom. The molecule has 3 aromatic rings. The minimum Gasteiger partial charge on any atom is -0.488 e. The van der Waals surface area contributed by atoms with Crippen LogP contribution >= 0.6 is 0 Å². The number of rotatable bonds is 5. The molecule has 1 amide bonds. The third-order valence-electron chi connectivity index (χ3n) is 4.54. The minimum absolute atomic E-state index is 0.217. The Morgan fingerprint density at radius 1 is 1.00 bits per heavy atom. The summed E-state index contributed by atoms with van der Waals surface area (Å²) < 4.78 is 11.2. The average molecular weight is 364 g/mol. The van der Waals surface area contributed by atoms with E-state index in [4.69, 9.17) is 9.26 Å². The fourth-order valence-electron chi connectivity index (χ4n) is 2.90. The number of nitrogens with one attached hydrogen (secondary N) is 1. The van der Waals surface area contributed by atoms with E-state index >= 15 is 0 Å². The number of hydrogen-bond donors (Lipinski definition) is 1. The van der Waals surface area contributed by atoms with Crippen LogP contribution in [-0.4, -0.2) is 11.1 Å². The van der Waals surface area contributed by atoms with Gasteiger partial charge in [0.15, 0.2) is 5.69 Å². The van der Waals surface area contributed by atoms with Crippen molar-refractivity contribution in [1.82, 2.24) is 5.16 Å². The van der Waals surface area contributed by atoms with Crippen LogP contribution in [-0.2, 0) is 6.61 Å². The molecule has 0 bridgehead atoms. The number of aryl methyl sites for hydroxylation is 5. The van der Waals surface area contributed by atoms with Crippen molar-refractivity contribution in [2.45, 2.75) is 41.2 Å². The maximum Gasteiger partial charge on any atom is 0.278 e. The van der Waals surface area contributed by atoms with Crippen molar-refractivity contribution in [2.75, 3.05) is 5.32 Å². The standard InChI is InChI=1S/C22H24N2O3/c1-13-7-9-20(16(4)10-13)26-12-18-17(5)27-24-21(18)22(25)23-19-11-14(2)6-8-15(19)3/h6-11H,12H2,1-5H3,(H,23,25). The smallest absolute Gasteiger partial charge is 0.278 e. The Kier molecular flexibility index (Phi) is 5.31. The van der Waals surface area contributed by atoms with Gasteiger partial charge in [0.1, 0.15) is 18.1 Å². The van der Waals surface area contributed by atoms with Gasteiger partial charge in [-0.05, 0) is 63.4 Å². The lowest BCUT2D eigenvalue weighted by atomic mass is 10.1. The summed E-state index contributed by atoms with van der Waals surface area (Å²) in [6, 6.07) is 11.9. The van der Waals surface area contributed by atoms with E-state index in [9.17, 15) is 4.79 Å². The number of aromatic nitrogens is 1. The highest BCUT2D eigenvalue weighted by Crippen LogP contribution is 2.23. The van der Waals surface area contributed by atoms with Crippen LogP contribution in [0.15, 0.2) is 40.9 Å². The van der Waals surface area contributed by atoms with Gasteiger partial charge in [-0.3, -0.25) is 4.79 Å². The zero-order valence-electron chi connectivity index (χ0n) is 16.3. The number of amides is 1. The zero-order chi connectivity index (χ0) is 19.6. The van der Waals surface area contributed by atoms with Crippen molar-refractivity contribution >= 4 is 11.6 Å². The molecule has 1 aromatic heterocycles. The number of carbonyl (C=O) groups is 1. The molecule has 2 aromatic carbocycles. The zero-order valence-corrected chi connectivity index (χ0v) is 16.3. The second kappa shape index (κ2) is 7.66. The number of nitrogens with zero attached hydrogens (tertiary/aromatic N) is 1. The summed E-state index contributed by atoms with van der Waals surface area (Å²) >= 11 is 0. The molecule has 0 atom stereocenters. The number of carbonyl (C=O) groups excluding carboxylic acids is 1. The van der Waals surface area contributed by atoms with Gasteiger partial charge < -0.3 is 14.6 Å². The van der Waals surface area contributed by atoms with Crippen LogP contribution in [0.25, 0.3) is 0 Å². The Labute approximate surface area is 159 Å². The van der Waals surface area contributed by atoms with Gasteiger partial charge in [0.2, 0.25) is 0 Å². The van der Waals surface area contributed by atoms with Crippen LogP contribution in [0.5, 0.6) is 5.75 Å². The Hall–Kier alpha value is -3.08. The van der Waals surface area contributed by atoms with Crippen molar-refractivity contribution in [2.24, 2.45) is 0 Å². The molecule has 0 aliphatic carbocycles. The first-order valence-corrected chi connectivity index (χ1v) is 8.89. The maximum atomic E-state index is 12.7. The van der Waals surface area contributed by atoms with Crippen LogP contribution in [0.4, 0.5) is 5.69 Å².